The third kappa shape index (κ3) is 2.38. The number of aryl methyl sites for hydroxylation is 1. The minimum atomic E-state index is -0.523. The minimum Gasteiger partial charge on any atom is -0.463 e. The standard InChI is InChI=1S/C16H12N4O3/c1-20-9-17-11-7-10(4-5-14(11)20)23-16(21)13-8-12(18-19-13)15-3-2-6-22-15/h2-9H,1H3,(H,18,19). The highest BCUT2D eigenvalue weighted by atomic mass is 16.5. The number of furan rings is 1. The second-order valence-corrected chi connectivity index (χ2v) is 5.04. The molecule has 1 N–H and O–H groups in total. The second-order valence-electron chi connectivity index (χ2n) is 5.04. The molecule has 0 unspecified atom stereocenters. The zero-order valence-corrected chi connectivity index (χ0v) is 12.2. The Kier molecular flexibility index (Phi) is 2.97. The number of carbonyl (C=O) groups excluding carboxylic acids is 1. The van der Waals surface area contributed by atoms with Gasteiger partial charge in [-0.15, -0.1) is 0 Å². The first-order valence-electron chi connectivity index (χ1n) is 6.93. The molecule has 114 valence electrons. The quantitative estimate of drug-likeness (QED) is 0.464. The van der Waals surface area contributed by atoms with E-state index in [1.807, 2.05) is 17.7 Å². The first-order chi connectivity index (χ1) is 11.2. The van der Waals surface area contributed by atoms with Crippen molar-refractivity contribution in [1.82, 2.24) is 19.7 Å². The fourth-order valence-electron chi connectivity index (χ4n) is 2.32. The van der Waals surface area contributed by atoms with Crippen LogP contribution in [-0.4, -0.2) is 25.7 Å². The lowest BCUT2D eigenvalue weighted by atomic mass is 10.3. The van der Waals surface area contributed by atoms with Gasteiger partial charge in [-0.25, -0.2) is 9.78 Å². The lowest BCUT2D eigenvalue weighted by Crippen LogP contribution is -2.08. The van der Waals surface area contributed by atoms with E-state index in [4.69, 9.17) is 9.15 Å². The highest BCUT2D eigenvalue weighted by molar-refractivity contribution is 5.90. The summed E-state index contributed by atoms with van der Waals surface area (Å²) in [6.45, 7) is 0. The van der Waals surface area contributed by atoms with Crippen LogP contribution in [0, 0.1) is 0 Å². The molecule has 4 rings (SSSR count). The largest absolute Gasteiger partial charge is 0.463 e. The maximum Gasteiger partial charge on any atom is 0.361 e. The van der Waals surface area contributed by atoms with Gasteiger partial charge in [0.1, 0.15) is 17.1 Å². The van der Waals surface area contributed by atoms with Gasteiger partial charge in [-0.3, -0.25) is 5.10 Å². The molecule has 0 radical (unpaired) electrons. The van der Waals surface area contributed by atoms with Crippen molar-refractivity contribution in [1.29, 1.82) is 0 Å². The maximum atomic E-state index is 12.2. The lowest BCUT2D eigenvalue weighted by molar-refractivity contribution is 0.0729. The Morgan fingerprint density at radius 1 is 1.30 bits per heavy atom. The summed E-state index contributed by atoms with van der Waals surface area (Å²) < 4.78 is 12.5. The van der Waals surface area contributed by atoms with Gasteiger partial charge in [-0.1, -0.05) is 0 Å². The molecule has 0 aliphatic rings. The van der Waals surface area contributed by atoms with Gasteiger partial charge in [0.05, 0.1) is 23.6 Å². The average molecular weight is 308 g/mol. The van der Waals surface area contributed by atoms with Gasteiger partial charge in [-0.2, -0.15) is 5.10 Å². The summed E-state index contributed by atoms with van der Waals surface area (Å²) in [7, 11) is 1.90. The summed E-state index contributed by atoms with van der Waals surface area (Å²) >= 11 is 0. The predicted molar refractivity (Wildman–Crippen MR) is 82.0 cm³/mol. The number of aromatic nitrogens is 4. The van der Waals surface area contributed by atoms with Crippen LogP contribution in [0.4, 0.5) is 0 Å². The number of benzene rings is 1. The number of H-pyrrole nitrogens is 1. The van der Waals surface area contributed by atoms with Crippen LogP contribution in [0.5, 0.6) is 5.75 Å². The molecule has 0 saturated carbocycles. The normalized spacial score (nSPS) is 11.0. The Bertz CT molecular complexity index is 982. The molecule has 3 heterocycles. The zero-order chi connectivity index (χ0) is 15.8. The van der Waals surface area contributed by atoms with E-state index >= 15 is 0 Å². The van der Waals surface area contributed by atoms with Gasteiger partial charge in [-0.05, 0) is 24.3 Å². The van der Waals surface area contributed by atoms with Crippen LogP contribution in [0.1, 0.15) is 10.5 Å². The number of nitrogens with one attached hydrogen (secondary N) is 1. The summed E-state index contributed by atoms with van der Waals surface area (Å²) in [6.07, 6.45) is 3.25. The summed E-state index contributed by atoms with van der Waals surface area (Å²) in [5, 5.41) is 6.69. The van der Waals surface area contributed by atoms with Crippen molar-refractivity contribution in [3.8, 4) is 17.2 Å². The first-order valence-corrected chi connectivity index (χ1v) is 6.93. The molecule has 0 atom stereocenters. The number of carbonyl (C=O) groups is 1. The highest BCUT2D eigenvalue weighted by Crippen LogP contribution is 2.21. The van der Waals surface area contributed by atoms with Crippen LogP contribution in [0.25, 0.3) is 22.5 Å². The number of imidazole rings is 1. The summed E-state index contributed by atoms with van der Waals surface area (Å²) in [5.74, 6) is 0.483. The molecule has 4 aromatic rings. The van der Waals surface area contributed by atoms with E-state index in [1.165, 1.54) is 0 Å². The molecule has 3 aromatic heterocycles. The van der Waals surface area contributed by atoms with E-state index < -0.39 is 5.97 Å². The Labute approximate surface area is 130 Å². The third-order valence-electron chi connectivity index (χ3n) is 3.48. The van der Waals surface area contributed by atoms with Gasteiger partial charge >= 0.3 is 5.97 Å². The number of aromatic amines is 1. The van der Waals surface area contributed by atoms with Crippen LogP contribution < -0.4 is 4.74 Å². The second kappa shape index (κ2) is 5.13. The number of ether oxygens (including phenoxy) is 1. The number of hydrogen-bond acceptors (Lipinski definition) is 5. The molecule has 0 aliphatic carbocycles. The summed E-state index contributed by atoms with van der Waals surface area (Å²) in [4.78, 5) is 16.4. The molecular weight excluding hydrogens is 296 g/mol. The Hall–Kier alpha value is -3.35. The minimum absolute atomic E-state index is 0.248. The highest BCUT2D eigenvalue weighted by Gasteiger charge is 2.15. The molecule has 0 saturated heterocycles. The number of nitrogens with zero attached hydrogens (tertiary/aromatic N) is 3. The summed E-state index contributed by atoms with van der Waals surface area (Å²) in [5.41, 5.74) is 2.52. The van der Waals surface area contributed by atoms with Crippen molar-refractivity contribution < 1.29 is 13.9 Å². The molecule has 0 bridgehead atoms. The van der Waals surface area contributed by atoms with Crippen molar-refractivity contribution in [2.45, 2.75) is 0 Å². The number of hydrogen-bond donors (Lipinski definition) is 1. The molecule has 0 amide bonds. The van der Waals surface area contributed by atoms with Crippen LogP contribution >= 0.6 is 0 Å². The van der Waals surface area contributed by atoms with E-state index in [0.717, 1.165) is 11.0 Å². The molecule has 7 heteroatoms. The van der Waals surface area contributed by atoms with E-state index in [1.54, 1.807) is 42.9 Å². The molecular formula is C16H12N4O3. The Balaban J connectivity index is 1.57. The van der Waals surface area contributed by atoms with E-state index in [0.29, 0.717) is 17.2 Å². The van der Waals surface area contributed by atoms with Gasteiger partial charge < -0.3 is 13.7 Å². The van der Waals surface area contributed by atoms with Gasteiger partial charge in [0, 0.05) is 19.2 Å². The average Bonchev–Trinajstić information content (AvgIpc) is 3.27. The first kappa shape index (κ1) is 13.3. The molecule has 1 aromatic carbocycles. The van der Waals surface area contributed by atoms with Crippen LogP contribution in [0.15, 0.2) is 53.4 Å². The van der Waals surface area contributed by atoms with Crippen molar-refractivity contribution in [3.63, 3.8) is 0 Å². The fourth-order valence-corrected chi connectivity index (χ4v) is 2.32. The number of esters is 1. The monoisotopic (exact) mass is 308 g/mol. The van der Waals surface area contributed by atoms with Gasteiger partial charge in [0.25, 0.3) is 0 Å². The molecule has 0 fully saturated rings. The van der Waals surface area contributed by atoms with Crippen molar-refractivity contribution in [2.24, 2.45) is 7.05 Å². The molecule has 7 nitrogen and oxygen atoms in total. The predicted octanol–water partition coefficient (Wildman–Crippen LogP) is 2.78. The molecule has 0 spiro atoms. The van der Waals surface area contributed by atoms with E-state index in [2.05, 4.69) is 15.2 Å². The van der Waals surface area contributed by atoms with Crippen LogP contribution in [0.3, 0.4) is 0 Å². The molecule has 0 aliphatic heterocycles. The Morgan fingerprint density at radius 2 is 2.22 bits per heavy atom. The van der Waals surface area contributed by atoms with E-state index in [-0.39, 0.29) is 5.69 Å². The maximum absolute atomic E-state index is 12.2. The topological polar surface area (TPSA) is 85.9 Å². The van der Waals surface area contributed by atoms with Crippen molar-refractivity contribution in [2.75, 3.05) is 0 Å². The zero-order valence-electron chi connectivity index (χ0n) is 12.2. The lowest BCUT2D eigenvalue weighted by Gasteiger charge is -2.02. The fraction of sp³-hybridized carbons (Fsp3) is 0.0625. The SMILES string of the molecule is Cn1cnc2cc(OC(=O)c3cc(-c4ccco4)n[nH]3)ccc21. The van der Waals surface area contributed by atoms with Crippen molar-refractivity contribution in [3.05, 3.63) is 54.7 Å². The smallest absolute Gasteiger partial charge is 0.361 e. The van der Waals surface area contributed by atoms with Gasteiger partial charge in [0.2, 0.25) is 0 Å². The van der Waals surface area contributed by atoms with E-state index in [9.17, 15) is 4.79 Å². The van der Waals surface area contributed by atoms with Crippen LogP contribution in [-0.2, 0) is 7.05 Å². The molecule has 23 heavy (non-hydrogen) atoms. The Morgan fingerprint density at radius 3 is 3.04 bits per heavy atom. The number of fused-ring (bicyclic) bond motifs is 1. The third-order valence-corrected chi connectivity index (χ3v) is 3.48. The van der Waals surface area contributed by atoms with Crippen molar-refractivity contribution >= 4 is 17.0 Å². The van der Waals surface area contributed by atoms with Crippen LogP contribution in [0.2, 0.25) is 0 Å². The van der Waals surface area contributed by atoms with Gasteiger partial charge in [0.15, 0.2) is 5.76 Å². The number of rotatable bonds is 3. The summed E-state index contributed by atoms with van der Waals surface area (Å²) in [6, 6.07) is 10.4.